The molecule has 0 fully saturated rings. The molecule has 0 bridgehead atoms. The third-order valence-corrected chi connectivity index (χ3v) is 4.50. The number of aromatic nitrogens is 2. The molecule has 1 atom stereocenters. The Morgan fingerprint density at radius 3 is 2.66 bits per heavy atom. The first-order valence-electron chi connectivity index (χ1n) is 8.88. The van der Waals surface area contributed by atoms with Crippen LogP contribution in [-0.4, -0.2) is 40.4 Å². The van der Waals surface area contributed by atoms with Crippen molar-refractivity contribution in [2.45, 2.75) is 12.5 Å². The van der Waals surface area contributed by atoms with Crippen molar-refractivity contribution in [3.8, 4) is 11.3 Å². The molecule has 0 saturated heterocycles. The van der Waals surface area contributed by atoms with Crippen LogP contribution in [0, 0.1) is 11.6 Å². The van der Waals surface area contributed by atoms with Crippen LogP contribution in [0.2, 0.25) is 0 Å². The number of hydrogen-bond acceptors (Lipinski definition) is 4. The molecule has 1 amide bonds. The molecule has 3 rings (SSSR count). The summed E-state index contributed by atoms with van der Waals surface area (Å²) in [7, 11) is 3.22. The summed E-state index contributed by atoms with van der Waals surface area (Å²) in [5, 5.41) is 19.4. The van der Waals surface area contributed by atoms with Crippen LogP contribution in [0.25, 0.3) is 22.2 Å². The van der Waals surface area contributed by atoms with Gasteiger partial charge in [0.05, 0.1) is 30.2 Å². The predicted octanol–water partition coefficient (Wildman–Crippen LogP) is 2.37. The Labute approximate surface area is 165 Å². The van der Waals surface area contributed by atoms with E-state index in [0.717, 1.165) is 11.5 Å². The van der Waals surface area contributed by atoms with Crippen molar-refractivity contribution in [3.05, 3.63) is 53.6 Å². The molecule has 1 heterocycles. The van der Waals surface area contributed by atoms with Crippen molar-refractivity contribution in [2.75, 3.05) is 13.6 Å². The second kappa shape index (κ2) is 8.36. The number of carbonyl (C=O) groups is 2. The minimum atomic E-state index is -1.25. The number of nitrogens with zero attached hydrogens (tertiary/aromatic N) is 2. The van der Waals surface area contributed by atoms with E-state index in [4.69, 9.17) is 0 Å². The fourth-order valence-electron chi connectivity index (χ4n) is 3.31. The largest absolute Gasteiger partial charge is 0.481 e. The van der Waals surface area contributed by atoms with Gasteiger partial charge in [0.15, 0.2) is 11.6 Å². The first kappa shape index (κ1) is 20.4. The number of carbonyl (C=O) groups excluding carboxylic acids is 1. The van der Waals surface area contributed by atoms with E-state index in [2.05, 4.69) is 15.7 Å². The molecule has 29 heavy (non-hydrogen) atoms. The number of aliphatic carboxylic acids is 1. The summed E-state index contributed by atoms with van der Waals surface area (Å²) in [5.74, 6) is -4.12. The monoisotopic (exact) mass is 402 g/mol. The standard InChI is InChI=1S/C20H20F2N4O3/c1-23-10-17(27)24-16(9-18(28)29)13-7-11(8-14(21)19(13)22)20-12-5-3-4-6-15(12)25-26(20)2/h3-8,16,23H,9-10H2,1-2H3,(H,24,27)(H,28,29). The predicted molar refractivity (Wildman–Crippen MR) is 103 cm³/mol. The Morgan fingerprint density at radius 2 is 1.97 bits per heavy atom. The van der Waals surface area contributed by atoms with Gasteiger partial charge in [0.2, 0.25) is 5.91 Å². The third kappa shape index (κ3) is 4.24. The van der Waals surface area contributed by atoms with Gasteiger partial charge in [0, 0.05) is 23.6 Å². The van der Waals surface area contributed by atoms with E-state index in [1.807, 2.05) is 12.1 Å². The van der Waals surface area contributed by atoms with Crippen molar-refractivity contribution < 1.29 is 23.5 Å². The van der Waals surface area contributed by atoms with Gasteiger partial charge in [-0.25, -0.2) is 8.78 Å². The fraction of sp³-hybridized carbons (Fsp3) is 0.250. The quantitative estimate of drug-likeness (QED) is 0.564. The van der Waals surface area contributed by atoms with Gasteiger partial charge in [-0.3, -0.25) is 14.3 Å². The molecule has 0 aliphatic heterocycles. The molecule has 0 aliphatic carbocycles. The minimum absolute atomic E-state index is 0.0910. The summed E-state index contributed by atoms with van der Waals surface area (Å²) in [6, 6.07) is 8.38. The van der Waals surface area contributed by atoms with Crippen molar-refractivity contribution in [2.24, 2.45) is 7.05 Å². The molecule has 1 unspecified atom stereocenters. The maximum atomic E-state index is 14.6. The van der Waals surface area contributed by atoms with Gasteiger partial charge in [-0.2, -0.15) is 5.10 Å². The average Bonchev–Trinajstić information content (AvgIpc) is 2.99. The lowest BCUT2D eigenvalue weighted by Gasteiger charge is -2.19. The molecule has 1 aromatic heterocycles. The number of rotatable bonds is 7. The van der Waals surface area contributed by atoms with Crippen molar-refractivity contribution in [1.29, 1.82) is 0 Å². The van der Waals surface area contributed by atoms with Crippen LogP contribution < -0.4 is 10.6 Å². The molecular weight excluding hydrogens is 382 g/mol. The summed E-state index contributed by atoms with van der Waals surface area (Å²) in [5.41, 5.74) is 1.32. The van der Waals surface area contributed by atoms with E-state index >= 15 is 0 Å². The van der Waals surface area contributed by atoms with Crippen molar-refractivity contribution >= 4 is 22.8 Å². The molecule has 152 valence electrons. The lowest BCUT2D eigenvalue weighted by Crippen LogP contribution is -2.36. The van der Waals surface area contributed by atoms with Crippen LogP contribution in [0.1, 0.15) is 18.0 Å². The highest BCUT2D eigenvalue weighted by Crippen LogP contribution is 2.33. The fourth-order valence-corrected chi connectivity index (χ4v) is 3.31. The van der Waals surface area contributed by atoms with Gasteiger partial charge in [0.25, 0.3) is 0 Å². The Kier molecular flexibility index (Phi) is 5.88. The zero-order chi connectivity index (χ0) is 21.1. The number of halogens is 2. The van der Waals surface area contributed by atoms with Crippen LogP contribution in [0.15, 0.2) is 36.4 Å². The van der Waals surface area contributed by atoms with E-state index in [9.17, 15) is 23.5 Å². The topological polar surface area (TPSA) is 96.2 Å². The molecule has 0 radical (unpaired) electrons. The molecule has 9 heteroatoms. The highest BCUT2D eigenvalue weighted by Gasteiger charge is 2.25. The van der Waals surface area contributed by atoms with E-state index in [-0.39, 0.29) is 12.1 Å². The number of aryl methyl sites for hydroxylation is 1. The number of carboxylic acids is 1. The Balaban J connectivity index is 2.13. The van der Waals surface area contributed by atoms with Gasteiger partial charge in [0.1, 0.15) is 0 Å². The summed E-state index contributed by atoms with van der Waals surface area (Å²) < 4.78 is 30.6. The molecule has 3 aromatic rings. The number of nitrogens with one attached hydrogen (secondary N) is 2. The summed E-state index contributed by atoms with van der Waals surface area (Å²) in [6.07, 6.45) is -0.596. The molecule has 2 aromatic carbocycles. The van der Waals surface area contributed by atoms with Gasteiger partial charge >= 0.3 is 5.97 Å². The second-order valence-corrected chi connectivity index (χ2v) is 6.60. The number of fused-ring (bicyclic) bond motifs is 1. The minimum Gasteiger partial charge on any atom is -0.481 e. The Morgan fingerprint density at radius 1 is 1.24 bits per heavy atom. The van der Waals surface area contributed by atoms with E-state index in [1.165, 1.54) is 6.07 Å². The number of carboxylic acid groups (broad SMARTS) is 1. The highest BCUT2D eigenvalue weighted by molar-refractivity contribution is 5.93. The Bertz CT molecular complexity index is 1080. The van der Waals surface area contributed by atoms with Crippen LogP contribution in [0.5, 0.6) is 0 Å². The smallest absolute Gasteiger partial charge is 0.305 e. The van der Waals surface area contributed by atoms with Gasteiger partial charge in [-0.1, -0.05) is 18.2 Å². The van der Waals surface area contributed by atoms with Crippen LogP contribution in [0.3, 0.4) is 0 Å². The summed E-state index contributed by atoms with van der Waals surface area (Å²) >= 11 is 0. The molecule has 3 N–H and O–H groups in total. The number of hydrogen-bond donors (Lipinski definition) is 3. The third-order valence-electron chi connectivity index (χ3n) is 4.50. The zero-order valence-electron chi connectivity index (χ0n) is 15.9. The average molecular weight is 402 g/mol. The van der Waals surface area contributed by atoms with Crippen LogP contribution >= 0.6 is 0 Å². The van der Waals surface area contributed by atoms with Crippen molar-refractivity contribution in [3.63, 3.8) is 0 Å². The second-order valence-electron chi connectivity index (χ2n) is 6.60. The maximum absolute atomic E-state index is 14.6. The normalized spacial score (nSPS) is 12.1. The SMILES string of the molecule is CNCC(=O)NC(CC(=O)O)c1cc(-c2c3ccccc3nn2C)cc(F)c1F. The van der Waals surface area contributed by atoms with E-state index in [1.54, 1.807) is 30.9 Å². The number of likely N-dealkylation sites (N-methyl/N-ethyl adjacent to an activating group) is 1. The zero-order valence-corrected chi connectivity index (χ0v) is 15.9. The summed E-state index contributed by atoms with van der Waals surface area (Å²) in [4.78, 5) is 23.2. The highest BCUT2D eigenvalue weighted by atomic mass is 19.2. The van der Waals surface area contributed by atoms with Gasteiger partial charge in [-0.15, -0.1) is 0 Å². The molecular formula is C20H20F2N4O3. The molecule has 0 spiro atoms. The number of benzene rings is 2. The van der Waals surface area contributed by atoms with Crippen molar-refractivity contribution in [1.82, 2.24) is 20.4 Å². The van der Waals surface area contributed by atoms with Crippen LogP contribution in [-0.2, 0) is 16.6 Å². The maximum Gasteiger partial charge on any atom is 0.305 e. The lowest BCUT2D eigenvalue weighted by molar-refractivity contribution is -0.137. The lowest BCUT2D eigenvalue weighted by atomic mass is 9.97. The van der Waals surface area contributed by atoms with E-state index < -0.39 is 36.0 Å². The van der Waals surface area contributed by atoms with Gasteiger partial charge in [-0.05, 0) is 25.2 Å². The molecule has 0 aliphatic rings. The number of amides is 1. The first-order valence-corrected chi connectivity index (χ1v) is 8.88. The summed E-state index contributed by atoms with van der Waals surface area (Å²) in [6.45, 7) is -0.0910. The Hall–Kier alpha value is -3.33. The van der Waals surface area contributed by atoms with E-state index in [0.29, 0.717) is 16.8 Å². The van der Waals surface area contributed by atoms with Crippen LogP contribution in [0.4, 0.5) is 8.78 Å². The molecule has 0 saturated carbocycles. The molecule has 7 nitrogen and oxygen atoms in total. The van der Waals surface area contributed by atoms with Gasteiger partial charge < -0.3 is 15.7 Å². The first-order chi connectivity index (χ1) is 13.8.